The van der Waals surface area contributed by atoms with Crippen molar-refractivity contribution in [3.63, 3.8) is 0 Å². The second-order valence-electron chi connectivity index (χ2n) is 6.43. The summed E-state index contributed by atoms with van der Waals surface area (Å²) in [6, 6.07) is -0.0349. The van der Waals surface area contributed by atoms with Crippen LogP contribution in [0.25, 0.3) is 0 Å². The van der Waals surface area contributed by atoms with Crippen molar-refractivity contribution in [2.45, 2.75) is 50.0 Å². The lowest BCUT2D eigenvalue weighted by Gasteiger charge is -2.34. The smallest absolute Gasteiger partial charge is 0.248 e. The molecule has 3 rings (SSSR count). The van der Waals surface area contributed by atoms with Gasteiger partial charge < -0.3 is 4.90 Å². The van der Waals surface area contributed by atoms with E-state index in [0.29, 0.717) is 12.8 Å². The Morgan fingerprint density at radius 2 is 2.10 bits per heavy atom. The van der Waals surface area contributed by atoms with Crippen LogP contribution in [0.4, 0.5) is 8.78 Å². The van der Waals surface area contributed by atoms with Gasteiger partial charge in [0, 0.05) is 45.1 Å². The molecule has 0 spiro atoms. The third-order valence-electron chi connectivity index (χ3n) is 4.84. The van der Waals surface area contributed by atoms with E-state index in [0.717, 1.165) is 12.0 Å². The number of rotatable bonds is 3. The number of aromatic nitrogens is 2. The first-order valence-corrected chi connectivity index (χ1v) is 7.50. The van der Waals surface area contributed by atoms with E-state index in [-0.39, 0.29) is 36.6 Å². The molecule has 2 aliphatic rings. The molecule has 1 aromatic rings. The molecule has 0 aliphatic heterocycles. The van der Waals surface area contributed by atoms with Crippen LogP contribution in [0.1, 0.15) is 43.6 Å². The van der Waals surface area contributed by atoms with Crippen molar-refractivity contribution < 1.29 is 13.6 Å². The van der Waals surface area contributed by atoms with Crippen molar-refractivity contribution in [3.05, 3.63) is 18.0 Å². The van der Waals surface area contributed by atoms with Crippen LogP contribution in [-0.2, 0) is 11.8 Å². The van der Waals surface area contributed by atoms with E-state index < -0.39 is 5.92 Å². The predicted octanol–water partition coefficient (Wildman–Crippen LogP) is 2.56. The highest BCUT2D eigenvalue weighted by Crippen LogP contribution is 2.48. The first kappa shape index (κ1) is 14.5. The Morgan fingerprint density at radius 1 is 1.43 bits per heavy atom. The van der Waals surface area contributed by atoms with Crippen LogP contribution in [0.5, 0.6) is 0 Å². The van der Waals surface area contributed by atoms with E-state index >= 15 is 0 Å². The first-order valence-electron chi connectivity index (χ1n) is 7.50. The normalized spacial score (nSPS) is 28.4. The second kappa shape index (κ2) is 5.07. The van der Waals surface area contributed by atoms with E-state index in [1.165, 1.54) is 0 Å². The van der Waals surface area contributed by atoms with Crippen molar-refractivity contribution >= 4 is 5.91 Å². The van der Waals surface area contributed by atoms with Gasteiger partial charge in [-0.3, -0.25) is 9.48 Å². The number of hydrogen-bond acceptors (Lipinski definition) is 2. The lowest BCUT2D eigenvalue weighted by molar-refractivity contribution is -0.136. The molecule has 0 radical (unpaired) electrons. The second-order valence-corrected chi connectivity index (χ2v) is 6.43. The van der Waals surface area contributed by atoms with Gasteiger partial charge in [0.05, 0.1) is 6.20 Å². The lowest BCUT2D eigenvalue weighted by Crippen LogP contribution is -2.42. The van der Waals surface area contributed by atoms with Crippen LogP contribution in [0.2, 0.25) is 0 Å². The number of aryl methyl sites for hydroxylation is 1. The van der Waals surface area contributed by atoms with Gasteiger partial charge in [0.1, 0.15) is 0 Å². The lowest BCUT2D eigenvalue weighted by atomic mass is 9.91. The molecule has 0 saturated heterocycles. The van der Waals surface area contributed by atoms with Crippen LogP contribution < -0.4 is 0 Å². The molecule has 6 heteroatoms. The minimum absolute atomic E-state index is 0.00152. The zero-order valence-electron chi connectivity index (χ0n) is 12.4. The number of nitrogens with zero attached hydrogens (tertiary/aromatic N) is 3. The number of alkyl halides is 2. The molecule has 2 atom stereocenters. The number of carbonyl (C=O) groups excluding carboxylic acids is 1. The minimum Gasteiger partial charge on any atom is -0.343 e. The van der Waals surface area contributed by atoms with Crippen LogP contribution in [0, 0.1) is 5.92 Å². The summed E-state index contributed by atoms with van der Waals surface area (Å²) in [5, 5.41) is 4.13. The maximum atomic E-state index is 13.2. The molecule has 0 aromatic carbocycles. The summed E-state index contributed by atoms with van der Waals surface area (Å²) >= 11 is 0. The average Bonchev–Trinajstić information content (AvgIpc) is 3.12. The van der Waals surface area contributed by atoms with Crippen molar-refractivity contribution in [2.75, 3.05) is 7.05 Å². The Balaban J connectivity index is 1.57. The first-order chi connectivity index (χ1) is 9.87. The quantitative estimate of drug-likeness (QED) is 0.860. The van der Waals surface area contributed by atoms with Crippen LogP contribution in [0.3, 0.4) is 0 Å². The van der Waals surface area contributed by atoms with Gasteiger partial charge in [-0.1, -0.05) is 0 Å². The molecular formula is C15H21F2N3O. The summed E-state index contributed by atoms with van der Waals surface area (Å²) in [5.74, 6) is -2.20. The molecule has 21 heavy (non-hydrogen) atoms. The number of hydrogen-bond donors (Lipinski definition) is 0. The highest BCUT2D eigenvalue weighted by molar-refractivity contribution is 5.83. The van der Waals surface area contributed by atoms with E-state index in [2.05, 4.69) is 5.10 Å². The fraction of sp³-hybridized carbons (Fsp3) is 0.733. The Bertz CT molecular complexity index is 533. The topological polar surface area (TPSA) is 38.1 Å². The third-order valence-corrected chi connectivity index (χ3v) is 4.84. The Morgan fingerprint density at radius 3 is 2.67 bits per heavy atom. The number of halogens is 2. The largest absolute Gasteiger partial charge is 0.343 e. The molecule has 4 nitrogen and oxygen atoms in total. The summed E-state index contributed by atoms with van der Waals surface area (Å²) in [4.78, 5) is 14.2. The van der Waals surface area contributed by atoms with Crippen molar-refractivity contribution in [1.29, 1.82) is 0 Å². The van der Waals surface area contributed by atoms with E-state index in [1.807, 2.05) is 13.2 Å². The SMILES string of the molecule is CN(C(=O)[C@@H]1C[C@H]1c1cnn(C)c1)C1CCC(F)(F)CC1. The van der Waals surface area contributed by atoms with Gasteiger partial charge in [0.15, 0.2) is 0 Å². The Labute approximate surface area is 123 Å². The minimum atomic E-state index is -2.54. The zero-order valence-corrected chi connectivity index (χ0v) is 12.4. The summed E-state index contributed by atoms with van der Waals surface area (Å²) < 4.78 is 28.1. The van der Waals surface area contributed by atoms with Gasteiger partial charge in [0.25, 0.3) is 0 Å². The summed E-state index contributed by atoms with van der Waals surface area (Å²) in [5.41, 5.74) is 1.10. The van der Waals surface area contributed by atoms with Gasteiger partial charge in [-0.25, -0.2) is 8.78 Å². The van der Waals surface area contributed by atoms with Gasteiger partial charge >= 0.3 is 0 Å². The van der Waals surface area contributed by atoms with Gasteiger partial charge in [0.2, 0.25) is 11.8 Å². The van der Waals surface area contributed by atoms with Crippen molar-refractivity contribution in [2.24, 2.45) is 13.0 Å². The van der Waals surface area contributed by atoms with Crippen molar-refractivity contribution in [3.8, 4) is 0 Å². The summed E-state index contributed by atoms with van der Waals surface area (Å²) in [6.07, 6.45) is 5.19. The van der Waals surface area contributed by atoms with Gasteiger partial charge in [-0.05, 0) is 30.7 Å². The van der Waals surface area contributed by atoms with Crippen LogP contribution in [0.15, 0.2) is 12.4 Å². The molecule has 0 bridgehead atoms. The van der Waals surface area contributed by atoms with Crippen LogP contribution >= 0.6 is 0 Å². The Hall–Kier alpha value is -1.46. The number of amides is 1. The molecule has 2 fully saturated rings. The molecule has 1 aromatic heterocycles. The Kier molecular flexibility index (Phi) is 3.50. The average molecular weight is 297 g/mol. The van der Waals surface area contributed by atoms with E-state index in [1.54, 1.807) is 22.8 Å². The van der Waals surface area contributed by atoms with Gasteiger partial charge in [-0.15, -0.1) is 0 Å². The molecule has 2 saturated carbocycles. The molecule has 116 valence electrons. The molecule has 0 unspecified atom stereocenters. The van der Waals surface area contributed by atoms with Crippen LogP contribution in [-0.4, -0.2) is 39.6 Å². The standard InChI is InChI=1S/C15H21F2N3O/c1-19-9-10(8-18-19)12-7-13(12)14(21)20(2)11-3-5-15(16,17)6-4-11/h8-9,11-13H,3-7H2,1-2H3/t12-,13+/m0/s1. The fourth-order valence-electron chi connectivity index (χ4n) is 3.32. The summed E-state index contributed by atoms with van der Waals surface area (Å²) in [6.45, 7) is 0. The number of carbonyl (C=O) groups is 1. The predicted molar refractivity (Wildman–Crippen MR) is 74.0 cm³/mol. The summed E-state index contributed by atoms with van der Waals surface area (Å²) in [7, 11) is 3.62. The maximum Gasteiger partial charge on any atom is 0.248 e. The zero-order chi connectivity index (χ0) is 15.2. The van der Waals surface area contributed by atoms with Gasteiger partial charge in [-0.2, -0.15) is 5.10 Å². The molecule has 2 aliphatic carbocycles. The third kappa shape index (κ3) is 2.94. The maximum absolute atomic E-state index is 13.2. The highest BCUT2D eigenvalue weighted by atomic mass is 19.3. The highest BCUT2D eigenvalue weighted by Gasteiger charge is 2.47. The van der Waals surface area contributed by atoms with E-state index in [4.69, 9.17) is 0 Å². The monoisotopic (exact) mass is 297 g/mol. The van der Waals surface area contributed by atoms with Crippen molar-refractivity contribution in [1.82, 2.24) is 14.7 Å². The molecule has 0 N–H and O–H groups in total. The fourth-order valence-corrected chi connectivity index (χ4v) is 3.32. The molecular weight excluding hydrogens is 276 g/mol. The van der Waals surface area contributed by atoms with E-state index in [9.17, 15) is 13.6 Å². The molecule has 1 heterocycles. The molecule has 1 amide bonds.